The molecule has 1 aliphatic heterocycles. The molecule has 0 bridgehead atoms. The number of anilines is 2. The van der Waals surface area contributed by atoms with Gasteiger partial charge >= 0.3 is 0 Å². The summed E-state index contributed by atoms with van der Waals surface area (Å²) in [5, 5.41) is 6.73. The third-order valence-electron chi connectivity index (χ3n) is 3.68. The van der Waals surface area contributed by atoms with Crippen molar-refractivity contribution in [3.63, 3.8) is 0 Å². The first-order chi connectivity index (χ1) is 9.29. The Labute approximate surface area is 121 Å². The number of hydrogen-bond acceptors (Lipinski definition) is 5. The Morgan fingerprint density at radius 3 is 2.84 bits per heavy atom. The quantitative estimate of drug-likeness (QED) is 0.871. The Balaban J connectivity index is 1.73. The third kappa shape index (κ3) is 2.84. The van der Waals surface area contributed by atoms with E-state index in [2.05, 4.69) is 43.5 Å². The molecule has 1 aromatic heterocycles. The Morgan fingerprint density at radius 1 is 1.32 bits per heavy atom. The Morgan fingerprint density at radius 2 is 2.11 bits per heavy atom. The molecule has 0 aromatic carbocycles. The van der Waals surface area contributed by atoms with Crippen molar-refractivity contribution < 1.29 is 4.74 Å². The van der Waals surface area contributed by atoms with Gasteiger partial charge < -0.3 is 15.4 Å². The second kappa shape index (κ2) is 5.63. The van der Waals surface area contributed by atoms with E-state index < -0.39 is 0 Å². The zero-order valence-electron chi connectivity index (χ0n) is 11.0. The Hall–Kier alpha value is -0.880. The van der Waals surface area contributed by atoms with Gasteiger partial charge in [-0.3, -0.25) is 0 Å². The molecule has 2 unspecified atom stereocenters. The summed E-state index contributed by atoms with van der Waals surface area (Å²) in [6.07, 6.45) is 5.60. The lowest BCUT2D eigenvalue weighted by molar-refractivity contribution is 0.0898. The van der Waals surface area contributed by atoms with E-state index in [0.717, 1.165) is 41.6 Å². The molecule has 19 heavy (non-hydrogen) atoms. The summed E-state index contributed by atoms with van der Waals surface area (Å²) in [6.45, 7) is 3.74. The van der Waals surface area contributed by atoms with Crippen molar-refractivity contribution in [2.24, 2.45) is 5.92 Å². The zero-order chi connectivity index (χ0) is 13.2. The van der Waals surface area contributed by atoms with E-state index in [-0.39, 0.29) is 0 Å². The first-order valence-corrected chi connectivity index (χ1v) is 7.71. The maximum atomic E-state index is 5.84. The Kier molecular flexibility index (Phi) is 3.88. The summed E-state index contributed by atoms with van der Waals surface area (Å²) in [6, 6.07) is 0.369. The van der Waals surface area contributed by atoms with Crippen molar-refractivity contribution in [3.05, 3.63) is 10.8 Å². The molecule has 2 N–H and O–H groups in total. The molecular formula is C13H19BrN4O. The van der Waals surface area contributed by atoms with Gasteiger partial charge in [0.05, 0.1) is 12.1 Å². The van der Waals surface area contributed by atoms with Gasteiger partial charge in [-0.2, -0.15) is 0 Å². The molecule has 1 aliphatic carbocycles. The van der Waals surface area contributed by atoms with Crippen LogP contribution in [0, 0.1) is 5.92 Å². The molecule has 104 valence electrons. The van der Waals surface area contributed by atoms with Crippen molar-refractivity contribution in [3.8, 4) is 0 Å². The first kappa shape index (κ1) is 13.1. The highest BCUT2D eigenvalue weighted by Gasteiger charge is 2.40. The van der Waals surface area contributed by atoms with Gasteiger partial charge in [-0.15, -0.1) is 0 Å². The van der Waals surface area contributed by atoms with Crippen LogP contribution in [0.4, 0.5) is 11.6 Å². The van der Waals surface area contributed by atoms with E-state index in [1.807, 2.05) is 0 Å². The smallest absolute Gasteiger partial charge is 0.146 e. The van der Waals surface area contributed by atoms with Gasteiger partial charge in [0.1, 0.15) is 22.4 Å². The molecule has 6 heteroatoms. The maximum absolute atomic E-state index is 5.84. The van der Waals surface area contributed by atoms with E-state index in [0.29, 0.717) is 12.1 Å². The average molecular weight is 327 g/mol. The molecule has 2 atom stereocenters. The normalized spacial score (nSPS) is 26.4. The molecular weight excluding hydrogens is 308 g/mol. The first-order valence-electron chi connectivity index (χ1n) is 6.92. The summed E-state index contributed by atoms with van der Waals surface area (Å²) in [4.78, 5) is 8.56. The van der Waals surface area contributed by atoms with Crippen molar-refractivity contribution in [2.75, 3.05) is 23.8 Å². The molecule has 0 radical (unpaired) electrons. The molecule has 2 heterocycles. The van der Waals surface area contributed by atoms with Gasteiger partial charge in [-0.25, -0.2) is 9.97 Å². The van der Waals surface area contributed by atoms with Crippen LogP contribution in [-0.2, 0) is 4.74 Å². The van der Waals surface area contributed by atoms with Crippen molar-refractivity contribution >= 4 is 27.6 Å². The maximum Gasteiger partial charge on any atom is 0.146 e. The van der Waals surface area contributed by atoms with Crippen LogP contribution in [-0.4, -0.2) is 35.3 Å². The Bertz CT molecular complexity index is 452. The molecule has 0 spiro atoms. The average Bonchev–Trinajstić information content (AvgIpc) is 3.15. The SMILES string of the molecule is CCNc1ncnc(NC2CCOC2C2CC2)c1Br. The summed E-state index contributed by atoms with van der Waals surface area (Å²) >= 11 is 3.57. The molecule has 5 nitrogen and oxygen atoms in total. The number of rotatable bonds is 5. The lowest BCUT2D eigenvalue weighted by atomic mass is 10.1. The standard InChI is InChI=1S/C13H19BrN4O/c1-2-15-12-10(14)13(17-7-16-12)18-9-5-6-19-11(9)8-3-4-8/h7-9,11H,2-6H2,1H3,(H2,15,16,17,18). The van der Waals surface area contributed by atoms with Gasteiger partial charge in [-0.05, 0) is 48.0 Å². The number of aromatic nitrogens is 2. The van der Waals surface area contributed by atoms with Crippen LogP contribution < -0.4 is 10.6 Å². The lowest BCUT2D eigenvalue weighted by Crippen LogP contribution is -2.31. The fraction of sp³-hybridized carbons (Fsp3) is 0.692. The predicted octanol–water partition coefficient (Wildman–Crippen LogP) is 2.65. The molecule has 2 fully saturated rings. The van der Waals surface area contributed by atoms with E-state index in [9.17, 15) is 0 Å². The second-order valence-corrected chi connectivity index (χ2v) is 5.92. The van der Waals surface area contributed by atoms with Crippen LogP contribution >= 0.6 is 15.9 Å². The van der Waals surface area contributed by atoms with E-state index in [1.165, 1.54) is 12.8 Å². The number of nitrogens with one attached hydrogen (secondary N) is 2. The monoisotopic (exact) mass is 326 g/mol. The zero-order valence-corrected chi connectivity index (χ0v) is 12.6. The summed E-state index contributed by atoms with van der Waals surface area (Å²) < 4.78 is 6.74. The molecule has 3 rings (SSSR count). The van der Waals surface area contributed by atoms with E-state index in [4.69, 9.17) is 4.74 Å². The predicted molar refractivity (Wildman–Crippen MR) is 78.4 cm³/mol. The molecule has 0 amide bonds. The summed E-state index contributed by atoms with van der Waals surface area (Å²) in [7, 11) is 0. The topological polar surface area (TPSA) is 59.1 Å². The number of hydrogen-bond donors (Lipinski definition) is 2. The van der Waals surface area contributed by atoms with Gasteiger partial charge in [0.2, 0.25) is 0 Å². The van der Waals surface area contributed by atoms with E-state index >= 15 is 0 Å². The van der Waals surface area contributed by atoms with Crippen LogP contribution in [0.3, 0.4) is 0 Å². The third-order valence-corrected chi connectivity index (χ3v) is 4.43. The van der Waals surface area contributed by atoms with Crippen LogP contribution in [0.1, 0.15) is 26.2 Å². The summed E-state index contributed by atoms with van der Waals surface area (Å²) in [5.74, 6) is 2.43. The molecule has 1 saturated heterocycles. The fourth-order valence-corrected chi connectivity index (χ4v) is 3.05. The number of halogens is 1. The molecule has 2 aliphatic rings. The van der Waals surface area contributed by atoms with Crippen LogP contribution in [0.15, 0.2) is 10.8 Å². The minimum absolute atomic E-state index is 0.351. The minimum Gasteiger partial charge on any atom is -0.376 e. The van der Waals surface area contributed by atoms with Crippen molar-refractivity contribution in [1.82, 2.24) is 9.97 Å². The van der Waals surface area contributed by atoms with Crippen molar-refractivity contribution in [1.29, 1.82) is 0 Å². The minimum atomic E-state index is 0.351. The lowest BCUT2D eigenvalue weighted by Gasteiger charge is -2.21. The van der Waals surface area contributed by atoms with Gasteiger partial charge in [0.15, 0.2) is 0 Å². The van der Waals surface area contributed by atoms with Gasteiger partial charge in [0.25, 0.3) is 0 Å². The van der Waals surface area contributed by atoms with Gasteiger partial charge in [-0.1, -0.05) is 0 Å². The second-order valence-electron chi connectivity index (χ2n) is 5.13. The van der Waals surface area contributed by atoms with Gasteiger partial charge in [0, 0.05) is 13.2 Å². The highest BCUT2D eigenvalue weighted by molar-refractivity contribution is 9.10. The highest BCUT2D eigenvalue weighted by Crippen LogP contribution is 2.40. The molecule has 1 saturated carbocycles. The molecule has 1 aromatic rings. The fourth-order valence-electron chi connectivity index (χ4n) is 2.59. The summed E-state index contributed by atoms with van der Waals surface area (Å²) in [5.41, 5.74) is 0. The van der Waals surface area contributed by atoms with Crippen LogP contribution in [0.5, 0.6) is 0 Å². The van der Waals surface area contributed by atoms with Crippen molar-refractivity contribution in [2.45, 2.75) is 38.3 Å². The number of ether oxygens (including phenoxy) is 1. The van der Waals surface area contributed by atoms with E-state index in [1.54, 1.807) is 6.33 Å². The highest BCUT2D eigenvalue weighted by atomic mass is 79.9. The number of nitrogens with zero attached hydrogens (tertiary/aromatic N) is 2. The van der Waals surface area contributed by atoms with Crippen LogP contribution in [0.2, 0.25) is 0 Å². The van der Waals surface area contributed by atoms with Crippen LogP contribution in [0.25, 0.3) is 0 Å². The largest absolute Gasteiger partial charge is 0.376 e.